The van der Waals surface area contributed by atoms with Gasteiger partial charge in [-0.25, -0.2) is 0 Å². The SMILES string of the molecule is O=C(NCC(F)(F)F)c1ccc2ccc(N3CCN(CC4CC4)CC3)n2c1. The van der Waals surface area contributed by atoms with Crippen molar-refractivity contribution in [1.29, 1.82) is 0 Å². The summed E-state index contributed by atoms with van der Waals surface area (Å²) in [5.41, 5.74) is 1.13. The Hall–Kier alpha value is -2.22. The monoisotopic (exact) mass is 380 g/mol. The van der Waals surface area contributed by atoms with Gasteiger partial charge in [0.15, 0.2) is 0 Å². The third-order valence-corrected chi connectivity index (χ3v) is 5.25. The normalized spacial score (nSPS) is 18.9. The number of hydrogen-bond donors (Lipinski definition) is 1. The van der Waals surface area contributed by atoms with E-state index in [1.165, 1.54) is 19.4 Å². The van der Waals surface area contributed by atoms with E-state index >= 15 is 0 Å². The zero-order valence-electron chi connectivity index (χ0n) is 15.0. The molecule has 0 unspecified atom stereocenters. The van der Waals surface area contributed by atoms with Crippen LogP contribution in [-0.4, -0.2) is 60.7 Å². The van der Waals surface area contributed by atoms with Crippen LogP contribution in [0.3, 0.4) is 0 Å². The number of carbonyl (C=O) groups is 1. The number of pyridine rings is 1. The summed E-state index contributed by atoms with van der Waals surface area (Å²) in [5, 5.41) is 1.93. The number of aromatic nitrogens is 1. The molecule has 2 fully saturated rings. The number of anilines is 1. The smallest absolute Gasteiger partial charge is 0.355 e. The minimum absolute atomic E-state index is 0.219. The summed E-state index contributed by atoms with van der Waals surface area (Å²) in [4.78, 5) is 16.8. The number of carbonyl (C=O) groups excluding carboxylic acids is 1. The van der Waals surface area contributed by atoms with Gasteiger partial charge in [-0.05, 0) is 43.0 Å². The Morgan fingerprint density at radius 1 is 1.07 bits per heavy atom. The molecular weight excluding hydrogens is 357 g/mol. The Bertz CT molecular complexity index is 820. The summed E-state index contributed by atoms with van der Waals surface area (Å²) >= 11 is 0. The Labute approximate surface area is 155 Å². The lowest BCUT2D eigenvalue weighted by Crippen LogP contribution is -2.47. The van der Waals surface area contributed by atoms with E-state index in [1.54, 1.807) is 18.3 Å². The predicted molar refractivity (Wildman–Crippen MR) is 97.2 cm³/mol. The average molecular weight is 380 g/mol. The first-order valence-corrected chi connectivity index (χ1v) is 9.32. The van der Waals surface area contributed by atoms with Crippen LogP contribution < -0.4 is 10.2 Å². The summed E-state index contributed by atoms with van der Waals surface area (Å²) in [7, 11) is 0. The average Bonchev–Trinajstić information content (AvgIpc) is 3.35. The van der Waals surface area contributed by atoms with Gasteiger partial charge in [0.25, 0.3) is 5.91 Å². The maximum atomic E-state index is 12.3. The van der Waals surface area contributed by atoms with Gasteiger partial charge < -0.3 is 14.6 Å². The second kappa shape index (κ2) is 7.07. The molecule has 2 aliphatic rings. The Morgan fingerprint density at radius 3 is 2.44 bits per heavy atom. The molecule has 2 aromatic rings. The molecular formula is C19H23F3N4O. The number of piperazine rings is 1. The van der Waals surface area contributed by atoms with E-state index in [4.69, 9.17) is 0 Å². The van der Waals surface area contributed by atoms with Gasteiger partial charge in [-0.1, -0.05) is 0 Å². The van der Waals surface area contributed by atoms with Gasteiger partial charge in [0.05, 0.1) is 5.56 Å². The molecule has 0 spiro atoms. The molecule has 1 saturated heterocycles. The lowest BCUT2D eigenvalue weighted by Gasteiger charge is -2.35. The lowest BCUT2D eigenvalue weighted by molar-refractivity contribution is -0.123. The quantitative estimate of drug-likeness (QED) is 0.867. The largest absolute Gasteiger partial charge is 0.405 e. The van der Waals surface area contributed by atoms with E-state index < -0.39 is 18.6 Å². The predicted octanol–water partition coefficient (Wildman–Crippen LogP) is 2.76. The van der Waals surface area contributed by atoms with Crippen LogP contribution in [0.5, 0.6) is 0 Å². The van der Waals surface area contributed by atoms with Crippen LogP contribution in [0.25, 0.3) is 5.52 Å². The van der Waals surface area contributed by atoms with Crippen molar-refractivity contribution in [1.82, 2.24) is 14.6 Å². The van der Waals surface area contributed by atoms with E-state index in [0.717, 1.165) is 43.4 Å². The first-order chi connectivity index (χ1) is 12.9. The van der Waals surface area contributed by atoms with Crippen molar-refractivity contribution in [2.45, 2.75) is 19.0 Å². The molecule has 3 heterocycles. The fraction of sp³-hybridized carbons (Fsp3) is 0.526. The minimum Gasteiger partial charge on any atom is -0.355 e. The molecule has 1 amide bonds. The molecule has 0 aromatic carbocycles. The molecule has 4 rings (SSSR count). The molecule has 27 heavy (non-hydrogen) atoms. The van der Waals surface area contributed by atoms with Gasteiger partial charge in [-0.2, -0.15) is 13.2 Å². The van der Waals surface area contributed by atoms with Gasteiger partial charge in [0.2, 0.25) is 0 Å². The summed E-state index contributed by atoms with van der Waals surface area (Å²) in [6.07, 6.45) is -0.100. The molecule has 8 heteroatoms. The fourth-order valence-electron chi connectivity index (χ4n) is 3.59. The Balaban J connectivity index is 1.46. The second-order valence-electron chi connectivity index (χ2n) is 7.43. The highest BCUT2D eigenvalue weighted by molar-refractivity contribution is 5.94. The second-order valence-corrected chi connectivity index (χ2v) is 7.43. The standard InChI is InChI=1S/C19H23F3N4O/c20-19(21,22)13-23-18(27)15-3-4-16-5-6-17(26(16)12-15)25-9-7-24(8-10-25)11-14-1-2-14/h3-6,12,14H,1-2,7-11,13H2,(H,23,27). The van der Waals surface area contributed by atoms with Gasteiger partial charge in [-0.3, -0.25) is 9.69 Å². The molecule has 0 radical (unpaired) electrons. The van der Waals surface area contributed by atoms with E-state index in [9.17, 15) is 18.0 Å². The van der Waals surface area contributed by atoms with Gasteiger partial charge in [-0.15, -0.1) is 0 Å². The lowest BCUT2D eigenvalue weighted by atomic mass is 10.2. The van der Waals surface area contributed by atoms with Crippen LogP contribution in [0.15, 0.2) is 30.5 Å². The number of hydrogen-bond acceptors (Lipinski definition) is 3. The highest BCUT2D eigenvalue weighted by Gasteiger charge is 2.28. The number of amides is 1. The van der Waals surface area contributed by atoms with Crippen molar-refractivity contribution in [3.8, 4) is 0 Å². The minimum atomic E-state index is -4.42. The van der Waals surface area contributed by atoms with Crippen molar-refractivity contribution in [3.63, 3.8) is 0 Å². The van der Waals surface area contributed by atoms with Crippen molar-refractivity contribution < 1.29 is 18.0 Å². The van der Waals surface area contributed by atoms with Crippen molar-refractivity contribution >= 4 is 17.2 Å². The maximum absolute atomic E-state index is 12.3. The van der Waals surface area contributed by atoms with Gasteiger partial charge >= 0.3 is 6.18 Å². The van der Waals surface area contributed by atoms with Crippen LogP contribution >= 0.6 is 0 Å². The number of rotatable bonds is 5. The van der Waals surface area contributed by atoms with Crippen LogP contribution in [0.1, 0.15) is 23.2 Å². The first-order valence-electron chi connectivity index (χ1n) is 9.32. The van der Waals surface area contributed by atoms with E-state index in [1.807, 2.05) is 21.9 Å². The molecule has 2 aromatic heterocycles. The number of fused-ring (bicyclic) bond motifs is 1. The Kier molecular flexibility index (Phi) is 4.75. The first kappa shape index (κ1) is 18.2. The molecule has 0 atom stereocenters. The van der Waals surface area contributed by atoms with E-state index in [2.05, 4.69) is 9.80 Å². The summed E-state index contributed by atoms with van der Waals surface area (Å²) in [6, 6.07) is 7.28. The molecule has 146 valence electrons. The summed E-state index contributed by atoms with van der Waals surface area (Å²) in [5.74, 6) is 1.13. The highest BCUT2D eigenvalue weighted by atomic mass is 19.4. The van der Waals surface area contributed by atoms with Gasteiger partial charge in [0.1, 0.15) is 12.4 Å². The maximum Gasteiger partial charge on any atom is 0.405 e. The zero-order valence-corrected chi connectivity index (χ0v) is 15.0. The zero-order chi connectivity index (χ0) is 19.0. The van der Waals surface area contributed by atoms with Crippen LogP contribution in [-0.2, 0) is 0 Å². The van der Waals surface area contributed by atoms with E-state index in [0.29, 0.717) is 0 Å². The highest BCUT2D eigenvalue weighted by Crippen LogP contribution is 2.30. The number of nitrogens with zero attached hydrogens (tertiary/aromatic N) is 3. The van der Waals surface area contributed by atoms with Crippen molar-refractivity contribution in [2.24, 2.45) is 5.92 Å². The van der Waals surface area contributed by atoms with Crippen molar-refractivity contribution in [2.75, 3.05) is 44.2 Å². The third kappa shape index (κ3) is 4.37. The molecule has 1 aliphatic heterocycles. The van der Waals surface area contributed by atoms with Crippen LogP contribution in [0.4, 0.5) is 19.0 Å². The number of alkyl halides is 3. The summed E-state index contributed by atoms with van der Waals surface area (Å²) < 4.78 is 38.9. The van der Waals surface area contributed by atoms with Crippen LogP contribution in [0, 0.1) is 5.92 Å². The summed E-state index contributed by atoms with van der Waals surface area (Å²) in [6.45, 7) is 3.69. The number of nitrogens with one attached hydrogen (secondary N) is 1. The molecule has 1 saturated carbocycles. The molecule has 0 bridgehead atoms. The van der Waals surface area contributed by atoms with Gasteiger partial charge in [0, 0.05) is 44.4 Å². The number of halogens is 3. The third-order valence-electron chi connectivity index (χ3n) is 5.25. The molecule has 1 aliphatic carbocycles. The fourth-order valence-corrected chi connectivity index (χ4v) is 3.59. The topological polar surface area (TPSA) is 40.0 Å². The molecule has 1 N–H and O–H groups in total. The van der Waals surface area contributed by atoms with E-state index in [-0.39, 0.29) is 5.56 Å². The van der Waals surface area contributed by atoms with Crippen LogP contribution in [0.2, 0.25) is 0 Å². The van der Waals surface area contributed by atoms with Crippen molar-refractivity contribution in [3.05, 3.63) is 36.0 Å². The Morgan fingerprint density at radius 2 is 1.78 bits per heavy atom. The molecule has 5 nitrogen and oxygen atoms in total.